The van der Waals surface area contributed by atoms with Gasteiger partial charge in [0.05, 0.1) is 10.7 Å². The third-order valence-corrected chi connectivity index (χ3v) is 3.74. The lowest BCUT2D eigenvalue weighted by atomic mass is 10.2. The molecule has 0 radical (unpaired) electrons. The quantitative estimate of drug-likeness (QED) is 0.719. The molecule has 88 valence electrons. The van der Waals surface area contributed by atoms with Crippen LogP contribution in [0.15, 0.2) is 76.5 Å². The highest BCUT2D eigenvalue weighted by molar-refractivity contribution is 9.10. The van der Waals surface area contributed by atoms with Crippen molar-refractivity contribution in [2.45, 2.75) is 0 Å². The Morgan fingerprint density at radius 2 is 1.61 bits per heavy atom. The van der Waals surface area contributed by atoms with Gasteiger partial charge in [-0.15, -0.1) is 0 Å². The van der Waals surface area contributed by atoms with Gasteiger partial charge in [-0.05, 0) is 22.0 Å². The van der Waals surface area contributed by atoms with E-state index >= 15 is 0 Å². The molecule has 0 spiro atoms. The molecule has 2 aromatic carbocycles. The molecule has 1 aliphatic heterocycles. The highest BCUT2D eigenvalue weighted by Gasteiger charge is 2.33. The topological polar surface area (TPSA) is 12.4 Å². The average Bonchev–Trinajstić information content (AvgIpc) is 2.91. The SMILES string of the molecule is Brc1ccccc1[N+]1(c2ccccc2)C=CN=C1. The molecule has 2 nitrogen and oxygen atoms in total. The summed E-state index contributed by atoms with van der Waals surface area (Å²) < 4.78 is 1.59. The summed E-state index contributed by atoms with van der Waals surface area (Å²) in [4.78, 5) is 4.28. The molecule has 3 rings (SSSR count). The summed E-state index contributed by atoms with van der Waals surface area (Å²) in [5.74, 6) is 0. The van der Waals surface area contributed by atoms with E-state index in [9.17, 15) is 0 Å². The van der Waals surface area contributed by atoms with Gasteiger partial charge >= 0.3 is 0 Å². The van der Waals surface area contributed by atoms with Crippen molar-refractivity contribution >= 4 is 33.6 Å². The van der Waals surface area contributed by atoms with Crippen molar-refractivity contribution in [3.05, 3.63) is 71.5 Å². The molecule has 0 N–H and O–H groups in total. The normalized spacial score (nSPS) is 21.4. The minimum atomic E-state index is 0.516. The number of para-hydroxylation sites is 2. The van der Waals surface area contributed by atoms with Crippen LogP contribution in [-0.2, 0) is 0 Å². The van der Waals surface area contributed by atoms with Gasteiger partial charge < -0.3 is 0 Å². The second-order valence-electron chi connectivity index (χ2n) is 4.13. The molecule has 3 heteroatoms. The van der Waals surface area contributed by atoms with E-state index in [0.29, 0.717) is 4.48 Å². The first-order valence-electron chi connectivity index (χ1n) is 5.74. The van der Waals surface area contributed by atoms with Crippen LogP contribution in [0.4, 0.5) is 11.4 Å². The second-order valence-corrected chi connectivity index (χ2v) is 4.98. The molecular weight excluding hydrogens is 288 g/mol. The maximum atomic E-state index is 4.28. The molecule has 1 unspecified atom stereocenters. The minimum absolute atomic E-state index is 0.516. The smallest absolute Gasteiger partial charge is 0.205 e. The van der Waals surface area contributed by atoms with Gasteiger partial charge in [-0.25, -0.2) is 4.99 Å². The summed E-state index contributed by atoms with van der Waals surface area (Å²) in [6.45, 7) is 0. The van der Waals surface area contributed by atoms with E-state index in [1.807, 2.05) is 42.9 Å². The van der Waals surface area contributed by atoms with E-state index in [1.54, 1.807) is 0 Å². The van der Waals surface area contributed by atoms with E-state index in [4.69, 9.17) is 0 Å². The first-order valence-corrected chi connectivity index (χ1v) is 6.53. The van der Waals surface area contributed by atoms with Gasteiger partial charge in [-0.3, -0.25) is 0 Å². The molecule has 1 aliphatic rings. The van der Waals surface area contributed by atoms with Gasteiger partial charge in [0.2, 0.25) is 6.34 Å². The van der Waals surface area contributed by atoms with Crippen LogP contribution in [0.1, 0.15) is 0 Å². The molecule has 0 aromatic heterocycles. The summed E-state index contributed by atoms with van der Waals surface area (Å²) in [5, 5.41) is 0. The molecule has 1 heterocycles. The van der Waals surface area contributed by atoms with Gasteiger partial charge in [0.1, 0.15) is 11.9 Å². The number of nitrogens with zero attached hydrogens (tertiary/aromatic N) is 2. The van der Waals surface area contributed by atoms with Crippen molar-refractivity contribution in [3.63, 3.8) is 0 Å². The van der Waals surface area contributed by atoms with Crippen molar-refractivity contribution in [1.29, 1.82) is 0 Å². The van der Waals surface area contributed by atoms with Crippen LogP contribution in [0.3, 0.4) is 0 Å². The van der Waals surface area contributed by atoms with Crippen molar-refractivity contribution in [1.82, 2.24) is 4.48 Å². The highest BCUT2D eigenvalue weighted by Crippen LogP contribution is 2.39. The van der Waals surface area contributed by atoms with E-state index < -0.39 is 0 Å². The molecule has 0 bridgehead atoms. The van der Waals surface area contributed by atoms with Crippen molar-refractivity contribution in [2.75, 3.05) is 0 Å². The molecule has 0 saturated carbocycles. The molecule has 0 saturated heterocycles. The number of hydrogen-bond acceptors (Lipinski definition) is 1. The Morgan fingerprint density at radius 1 is 0.889 bits per heavy atom. The number of hydrogen-bond donors (Lipinski definition) is 0. The number of aliphatic imine (C=N–C) groups is 1. The standard InChI is InChI=1S/C15H12BrN2/c16-14-8-4-5-9-15(14)18(11-10-17-12-18)13-6-2-1-3-7-13/h1-12H/q+1. The van der Waals surface area contributed by atoms with Crippen molar-refractivity contribution in [3.8, 4) is 0 Å². The third kappa shape index (κ3) is 1.72. The van der Waals surface area contributed by atoms with E-state index in [0.717, 1.165) is 10.2 Å². The van der Waals surface area contributed by atoms with Crippen LogP contribution in [-0.4, -0.2) is 6.34 Å². The van der Waals surface area contributed by atoms with Crippen LogP contribution in [0.25, 0.3) is 0 Å². The molecule has 18 heavy (non-hydrogen) atoms. The van der Waals surface area contributed by atoms with Gasteiger partial charge in [-0.2, -0.15) is 4.48 Å². The van der Waals surface area contributed by atoms with E-state index in [2.05, 4.69) is 51.4 Å². The summed E-state index contributed by atoms with van der Waals surface area (Å²) in [7, 11) is 0. The van der Waals surface area contributed by atoms with E-state index in [-0.39, 0.29) is 0 Å². The maximum absolute atomic E-state index is 4.28. The number of halogens is 1. The Morgan fingerprint density at radius 3 is 2.28 bits per heavy atom. The Bertz CT molecular complexity index is 605. The molecule has 0 aliphatic carbocycles. The maximum Gasteiger partial charge on any atom is 0.205 e. The van der Waals surface area contributed by atoms with Gasteiger partial charge in [0.15, 0.2) is 5.69 Å². The lowest BCUT2D eigenvalue weighted by molar-refractivity contribution is 0.764. The summed E-state index contributed by atoms with van der Waals surface area (Å²) in [6, 6.07) is 18.6. The monoisotopic (exact) mass is 299 g/mol. The zero-order valence-corrected chi connectivity index (χ0v) is 11.3. The fourth-order valence-electron chi connectivity index (χ4n) is 2.19. The third-order valence-electron chi connectivity index (χ3n) is 3.07. The Balaban J connectivity index is 2.24. The van der Waals surface area contributed by atoms with Crippen LogP contribution in [0.2, 0.25) is 0 Å². The van der Waals surface area contributed by atoms with Gasteiger partial charge in [0.25, 0.3) is 0 Å². The lowest BCUT2D eigenvalue weighted by Gasteiger charge is -2.27. The second kappa shape index (κ2) is 4.52. The Hall–Kier alpha value is -1.71. The Labute approximate surface area is 115 Å². The largest absolute Gasteiger partial charge is 0.205 e. The van der Waals surface area contributed by atoms with Gasteiger partial charge in [-0.1, -0.05) is 30.3 Å². The predicted octanol–water partition coefficient (Wildman–Crippen LogP) is 4.60. The van der Waals surface area contributed by atoms with Crippen LogP contribution in [0, 0.1) is 0 Å². The first kappa shape index (κ1) is 11.4. The first-order chi connectivity index (χ1) is 8.83. The minimum Gasteiger partial charge on any atom is -0.205 e. The average molecular weight is 300 g/mol. The molecule has 2 aromatic rings. The van der Waals surface area contributed by atoms with Crippen LogP contribution >= 0.6 is 15.9 Å². The zero-order valence-electron chi connectivity index (χ0n) is 9.70. The predicted molar refractivity (Wildman–Crippen MR) is 79.7 cm³/mol. The molecule has 1 atom stereocenters. The molecule has 0 amide bonds. The highest BCUT2D eigenvalue weighted by atomic mass is 79.9. The number of rotatable bonds is 2. The summed E-state index contributed by atoms with van der Waals surface area (Å²) >= 11 is 3.63. The Kier molecular flexibility index (Phi) is 2.86. The van der Waals surface area contributed by atoms with Crippen LogP contribution < -0.4 is 4.48 Å². The van der Waals surface area contributed by atoms with Gasteiger partial charge in [0, 0.05) is 18.2 Å². The van der Waals surface area contributed by atoms with Crippen molar-refractivity contribution < 1.29 is 0 Å². The molecular formula is C15H12BrN2+. The summed E-state index contributed by atoms with van der Waals surface area (Å²) in [6.07, 6.45) is 5.86. The zero-order chi connectivity index (χ0) is 12.4. The lowest BCUT2D eigenvalue weighted by Crippen LogP contribution is -2.34. The fraction of sp³-hybridized carbons (Fsp3) is 0. The van der Waals surface area contributed by atoms with Crippen molar-refractivity contribution in [2.24, 2.45) is 4.99 Å². The number of quaternary nitrogens is 1. The summed E-state index contributed by atoms with van der Waals surface area (Å²) in [5.41, 5.74) is 2.32. The molecule has 0 fully saturated rings. The number of benzene rings is 2. The van der Waals surface area contributed by atoms with Crippen LogP contribution in [0.5, 0.6) is 0 Å². The fourth-order valence-corrected chi connectivity index (χ4v) is 2.76. The van der Waals surface area contributed by atoms with E-state index in [1.165, 1.54) is 5.69 Å².